The van der Waals surface area contributed by atoms with E-state index in [2.05, 4.69) is 21.8 Å². The van der Waals surface area contributed by atoms with Crippen LogP contribution in [0.3, 0.4) is 0 Å². The number of ether oxygens (including phenoxy) is 1. The summed E-state index contributed by atoms with van der Waals surface area (Å²) in [6.07, 6.45) is 2.06. The van der Waals surface area contributed by atoms with Crippen molar-refractivity contribution in [3.8, 4) is 17.5 Å². The lowest BCUT2D eigenvalue weighted by Gasteiger charge is -2.28. The van der Waals surface area contributed by atoms with Gasteiger partial charge in [0.2, 0.25) is 0 Å². The van der Waals surface area contributed by atoms with E-state index in [1.165, 1.54) is 0 Å². The average Bonchev–Trinajstić information content (AvgIpc) is 2.69. The molecule has 1 aliphatic heterocycles. The third-order valence-electron chi connectivity index (χ3n) is 3.14. The second kappa shape index (κ2) is 4.28. The Bertz CT molecular complexity index is 603. The van der Waals surface area contributed by atoms with Crippen LogP contribution >= 0.6 is 0 Å². The molecule has 1 aliphatic rings. The van der Waals surface area contributed by atoms with Crippen LogP contribution in [0, 0.1) is 18.3 Å². The Morgan fingerprint density at radius 1 is 1.33 bits per heavy atom. The Balaban J connectivity index is 2.02. The zero-order chi connectivity index (χ0) is 12.5. The van der Waals surface area contributed by atoms with Crippen LogP contribution in [0.4, 0.5) is 0 Å². The van der Waals surface area contributed by atoms with E-state index in [4.69, 9.17) is 10.00 Å². The van der Waals surface area contributed by atoms with Crippen LogP contribution in [0.2, 0.25) is 0 Å². The molecule has 90 valence electrons. The van der Waals surface area contributed by atoms with Gasteiger partial charge in [0.25, 0.3) is 0 Å². The number of aromatic nitrogens is 2. The Morgan fingerprint density at radius 2 is 2.06 bits per heavy atom. The molecule has 0 unspecified atom stereocenters. The van der Waals surface area contributed by atoms with Crippen LogP contribution in [-0.4, -0.2) is 22.8 Å². The average molecular weight is 239 g/mol. The first-order valence-electron chi connectivity index (χ1n) is 5.91. The van der Waals surface area contributed by atoms with Crippen molar-refractivity contribution in [1.29, 1.82) is 5.26 Å². The van der Waals surface area contributed by atoms with Gasteiger partial charge in [-0.15, -0.1) is 0 Å². The summed E-state index contributed by atoms with van der Waals surface area (Å²) >= 11 is 0. The number of aryl methyl sites for hydroxylation is 1. The molecule has 0 radical (unpaired) electrons. The van der Waals surface area contributed by atoms with Gasteiger partial charge in [0.15, 0.2) is 0 Å². The first kappa shape index (κ1) is 11.0. The van der Waals surface area contributed by atoms with Crippen molar-refractivity contribution < 1.29 is 4.74 Å². The SMILES string of the molecule is Cc1cn(C2COC2)c(-c2ccc(C#N)cc2)n1. The zero-order valence-electron chi connectivity index (χ0n) is 10.1. The molecule has 0 saturated carbocycles. The van der Waals surface area contributed by atoms with Crippen LogP contribution in [0.15, 0.2) is 30.5 Å². The molecule has 3 rings (SSSR count). The maximum absolute atomic E-state index is 8.81. The lowest BCUT2D eigenvalue weighted by Crippen LogP contribution is -2.30. The smallest absolute Gasteiger partial charge is 0.140 e. The Hall–Kier alpha value is -2.12. The lowest BCUT2D eigenvalue weighted by molar-refractivity contribution is -0.0226. The highest BCUT2D eigenvalue weighted by atomic mass is 16.5. The number of nitriles is 1. The molecule has 0 aliphatic carbocycles. The molecule has 0 atom stereocenters. The van der Waals surface area contributed by atoms with Gasteiger partial charge in [-0.05, 0) is 31.2 Å². The first-order valence-corrected chi connectivity index (χ1v) is 5.91. The van der Waals surface area contributed by atoms with E-state index in [-0.39, 0.29) is 0 Å². The third-order valence-corrected chi connectivity index (χ3v) is 3.14. The predicted molar refractivity (Wildman–Crippen MR) is 67.0 cm³/mol. The van der Waals surface area contributed by atoms with Crippen molar-refractivity contribution in [3.05, 3.63) is 41.7 Å². The summed E-state index contributed by atoms with van der Waals surface area (Å²) in [5.74, 6) is 0.949. The van der Waals surface area contributed by atoms with Crippen LogP contribution in [0.1, 0.15) is 17.3 Å². The number of imidazole rings is 1. The summed E-state index contributed by atoms with van der Waals surface area (Å²) in [7, 11) is 0. The molecule has 4 heteroatoms. The van der Waals surface area contributed by atoms with E-state index in [0.29, 0.717) is 11.6 Å². The maximum Gasteiger partial charge on any atom is 0.140 e. The van der Waals surface area contributed by atoms with E-state index < -0.39 is 0 Å². The van der Waals surface area contributed by atoms with Crippen molar-refractivity contribution in [2.75, 3.05) is 13.2 Å². The van der Waals surface area contributed by atoms with Crippen LogP contribution in [0.25, 0.3) is 11.4 Å². The molecule has 0 spiro atoms. The van der Waals surface area contributed by atoms with E-state index >= 15 is 0 Å². The predicted octanol–water partition coefficient (Wildman–Crippen LogP) is 2.30. The molecule has 1 saturated heterocycles. The number of hydrogen-bond donors (Lipinski definition) is 0. The largest absolute Gasteiger partial charge is 0.377 e. The number of hydrogen-bond acceptors (Lipinski definition) is 3. The molecule has 4 nitrogen and oxygen atoms in total. The van der Waals surface area contributed by atoms with E-state index in [1.54, 1.807) is 0 Å². The van der Waals surface area contributed by atoms with Gasteiger partial charge in [-0.1, -0.05) is 0 Å². The highest BCUT2D eigenvalue weighted by Crippen LogP contribution is 2.26. The van der Waals surface area contributed by atoms with Crippen LogP contribution in [-0.2, 0) is 4.74 Å². The van der Waals surface area contributed by atoms with Gasteiger partial charge in [-0.3, -0.25) is 0 Å². The minimum absolute atomic E-state index is 0.386. The van der Waals surface area contributed by atoms with E-state index in [9.17, 15) is 0 Å². The molecule has 2 heterocycles. The van der Waals surface area contributed by atoms with Crippen LogP contribution in [0.5, 0.6) is 0 Å². The highest BCUT2D eigenvalue weighted by molar-refractivity contribution is 5.57. The van der Waals surface area contributed by atoms with Gasteiger partial charge in [0.05, 0.1) is 36.6 Å². The van der Waals surface area contributed by atoms with E-state index in [1.807, 2.05) is 31.2 Å². The second-order valence-corrected chi connectivity index (χ2v) is 4.49. The van der Waals surface area contributed by atoms with Crippen LogP contribution < -0.4 is 0 Å². The monoisotopic (exact) mass is 239 g/mol. The Kier molecular flexibility index (Phi) is 2.62. The third kappa shape index (κ3) is 1.79. The summed E-state index contributed by atoms with van der Waals surface area (Å²) in [6, 6.07) is 10.0. The lowest BCUT2D eigenvalue weighted by atomic mass is 10.1. The standard InChI is InChI=1S/C14H13N3O/c1-10-7-17(13-8-18-9-13)14(16-10)12-4-2-11(6-15)3-5-12/h2-5,7,13H,8-9H2,1H3. The second-order valence-electron chi connectivity index (χ2n) is 4.49. The molecule has 0 N–H and O–H groups in total. The van der Waals surface area contributed by atoms with Gasteiger partial charge in [0.1, 0.15) is 5.82 Å². The fourth-order valence-corrected chi connectivity index (χ4v) is 2.09. The van der Waals surface area contributed by atoms with Crippen molar-refractivity contribution >= 4 is 0 Å². The van der Waals surface area contributed by atoms with Gasteiger partial charge >= 0.3 is 0 Å². The van der Waals surface area contributed by atoms with Gasteiger partial charge in [-0.2, -0.15) is 5.26 Å². The van der Waals surface area contributed by atoms with Gasteiger partial charge in [0, 0.05) is 11.8 Å². The molecule has 1 aromatic carbocycles. The molecule has 1 fully saturated rings. The van der Waals surface area contributed by atoms with Gasteiger partial charge in [-0.25, -0.2) is 4.98 Å². The normalized spacial score (nSPS) is 15.1. The van der Waals surface area contributed by atoms with Gasteiger partial charge < -0.3 is 9.30 Å². The summed E-state index contributed by atoms with van der Waals surface area (Å²) in [6.45, 7) is 3.49. The zero-order valence-corrected chi connectivity index (χ0v) is 10.1. The number of benzene rings is 1. The number of rotatable bonds is 2. The quantitative estimate of drug-likeness (QED) is 0.808. The molecule has 1 aromatic heterocycles. The fourth-order valence-electron chi connectivity index (χ4n) is 2.09. The first-order chi connectivity index (χ1) is 8.78. The summed E-state index contributed by atoms with van der Waals surface area (Å²) in [5.41, 5.74) is 2.70. The van der Waals surface area contributed by atoms with E-state index in [0.717, 1.165) is 30.3 Å². The van der Waals surface area contributed by atoms with Crippen molar-refractivity contribution in [2.24, 2.45) is 0 Å². The summed E-state index contributed by atoms with van der Waals surface area (Å²) in [5, 5.41) is 8.81. The Morgan fingerprint density at radius 3 is 2.61 bits per heavy atom. The molecular formula is C14H13N3O. The Labute approximate surface area is 105 Å². The topological polar surface area (TPSA) is 50.8 Å². The number of nitrogens with zero attached hydrogens (tertiary/aromatic N) is 3. The highest BCUT2D eigenvalue weighted by Gasteiger charge is 2.23. The molecule has 0 amide bonds. The summed E-state index contributed by atoms with van der Waals surface area (Å²) < 4.78 is 7.40. The minimum atomic E-state index is 0.386. The fraction of sp³-hybridized carbons (Fsp3) is 0.286. The molecule has 18 heavy (non-hydrogen) atoms. The minimum Gasteiger partial charge on any atom is -0.377 e. The molecule has 2 aromatic rings. The maximum atomic E-state index is 8.81. The van der Waals surface area contributed by atoms with Crippen molar-refractivity contribution in [3.63, 3.8) is 0 Å². The molecular weight excluding hydrogens is 226 g/mol. The molecule has 0 bridgehead atoms. The summed E-state index contributed by atoms with van der Waals surface area (Å²) in [4.78, 5) is 4.56. The van der Waals surface area contributed by atoms with Crippen molar-refractivity contribution in [2.45, 2.75) is 13.0 Å². The van der Waals surface area contributed by atoms with Crippen molar-refractivity contribution in [1.82, 2.24) is 9.55 Å².